The van der Waals surface area contributed by atoms with Crippen LogP contribution in [0.5, 0.6) is 0 Å². The minimum Gasteiger partial charge on any atom is -0.383 e. The normalized spacial score (nSPS) is 10.9. The summed E-state index contributed by atoms with van der Waals surface area (Å²) in [5.74, 6) is 0.843. The smallest absolute Gasteiger partial charge is 0.142 e. The molecule has 5 nitrogen and oxygen atoms in total. The molecule has 0 saturated heterocycles. The van der Waals surface area contributed by atoms with E-state index in [9.17, 15) is 0 Å². The number of hydrogen-bond acceptors (Lipinski definition) is 5. The molecule has 0 atom stereocenters. The van der Waals surface area contributed by atoms with E-state index in [2.05, 4.69) is 14.9 Å². The van der Waals surface area contributed by atoms with Crippen LogP contribution in [0.2, 0.25) is 0 Å². The summed E-state index contributed by atoms with van der Waals surface area (Å²) >= 11 is 0. The first kappa shape index (κ1) is 13.0. The number of ether oxygens (including phenoxy) is 1. The molecular formula is C11H20N4O. The van der Waals surface area contributed by atoms with Crippen molar-refractivity contribution in [1.29, 1.82) is 0 Å². The van der Waals surface area contributed by atoms with Gasteiger partial charge in [-0.15, -0.1) is 0 Å². The fourth-order valence-corrected chi connectivity index (χ4v) is 1.42. The fraction of sp³-hybridized carbons (Fsp3) is 0.636. The molecule has 16 heavy (non-hydrogen) atoms. The standard InChI is InChI=1S/C11H20N4O/c1-16-9-8-15(7-2-4-12)10-11-13-5-3-6-14-11/h3,5-6H,2,4,7-10,12H2,1H3. The molecule has 2 N–H and O–H groups in total. The van der Waals surface area contributed by atoms with Gasteiger partial charge in [-0.3, -0.25) is 4.90 Å². The molecule has 5 heteroatoms. The van der Waals surface area contributed by atoms with Crippen LogP contribution in [-0.2, 0) is 11.3 Å². The molecule has 0 bridgehead atoms. The number of rotatable bonds is 8. The van der Waals surface area contributed by atoms with Crippen molar-refractivity contribution < 1.29 is 4.74 Å². The first-order valence-electron chi connectivity index (χ1n) is 5.54. The summed E-state index contributed by atoms with van der Waals surface area (Å²) in [5, 5.41) is 0. The van der Waals surface area contributed by atoms with E-state index in [0.717, 1.165) is 38.5 Å². The van der Waals surface area contributed by atoms with E-state index in [1.54, 1.807) is 19.5 Å². The van der Waals surface area contributed by atoms with Crippen molar-refractivity contribution in [2.24, 2.45) is 5.73 Å². The monoisotopic (exact) mass is 224 g/mol. The Hall–Kier alpha value is -1.04. The highest BCUT2D eigenvalue weighted by Crippen LogP contribution is 1.99. The Bertz CT molecular complexity index is 260. The predicted molar refractivity (Wildman–Crippen MR) is 62.9 cm³/mol. The van der Waals surface area contributed by atoms with Gasteiger partial charge in [0.05, 0.1) is 13.2 Å². The molecule has 1 aromatic rings. The molecule has 0 aromatic carbocycles. The summed E-state index contributed by atoms with van der Waals surface area (Å²) in [6.07, 6.45) is 4.51. The van der Waals surface area contributed by atoms with E-state index >= 15 is 0 Å². The van der Waals surface area contributed by atoms with Crippen molar-refractivity contribution in [1.82, 2.24) is 14.9 Å². The zero-order valence-corrected chi connectivity index (χ0v) is 9.80. The number of nitrogens with zero attached hydrogens (tertiary/aromatic N) is 3. The summed E-state index contributed by atoms with van der Waals surface area (Å²) < 4.78 is 5.08. The summed E-state index contributed by atoms with van der Waals surface area (Å²) in [5.41, 5.74) is 5.51. The molecule has 0 aliphatic heterocycles. The molecule has 0 aliphatic rings. The molecule has 0 radical (unpaired) electrons. The summed E-state index contributed by atoms with van der Waals surface area (Å²) in [6.45, 7) is 4.02. The first-order chi connectivity index (χ1) is 7.86. The third kappa shape index (κ3) is 5.16. The van der Waals surface area contributed by atoms with Gasteiger partial charge in [0.1, 0.15) is 5.82 Å². The number of methoxy groups -OCH3 is 1. The molecule has 1 aromatic heterocycles. The molecule has 1 heterocycles. The Balaban J connectivity index is 2.42. The molecule has 0 spiro atoms. The second-order valence-electron chi connectivity index (χ2n) is 3.58. The van der Waals surface area contributed by atoms with Crippen molar-refractivity contribution in [3.05, 3.63) is 24.3 Å². The van der Waals surface area contributed by atoms with Crippen LogP contribution >= 0.6 is 0 Å². The maximum Gasteiger partial charge on any atom is 0.142 e. The topological polar surface area (TPSA) is 64.3 Å². The number of aromatic nitrogens is 2. The zero-order chi connectivity index (χ0) is 11.6. The van der Waals surface area contributed by atoms with Gasteiger partial charge < -0.3 is 10.5 Å². The van der Waals surface area contributed by atoms with Crippen LogP contribution in [0.4, 0.5) is 0 Å². The van der Waals surface area contributed by atoms with Crippen molar-refractivity contribution in [3.63, 3.8) is 0 Å². The molecule has 0 saturated carbocycles. The highest BCUT2D eigenvalue weighted by Gasteiger charge is 2.06. The zero-order valence-electron chi connectivity index (χ0n) is 9.80. The van der Waals surface area contributed by atoms with Crippen molar-refractivity contribution in [3.8, 4) is 0 Å². The van der Waals surface area contributed by atoms with Gasteiger partial charge in [0.2, 0.25) is 0 Å². The highest BCUT2D eigenvalue weighted by molar-refractivity contribution is 4.88. The lowest BCUT2D eigenvalue weighted by Crippen LogP contribution is -2.30. The number of nitrogens with two attached hydrogens (primary N) is 1. The molecule has 1 rings (SSSR count). The molecule has 0 aliphatic carbocycles. The van der Waals surface area contributed by atoms with Crippen molar-refractivity contribution in [2.45, 2.75) is 13.0 Å². The van der Waals surface area contributed by atoms with Gasteiger partial charge in [-0.1, -0.05) is 0 Å². The summed E-state index contributed by atoms with van der Waals surface area (Å²) in [4.78, 5) is 10.7. The van der Waals surface area contributed by atoms with Crippen molar-refractivity contribution in [2.75, 3.05) is 33.4 Å². The van der Waals surface area contributed by atoms with Crippen molar-refractivity contribution >= 4 is 0 Å². The minimum atomic E-state index is 0.707. The maximum atomic E-state index is 5.51. The Morgan fingerprint density at radius 2 is 2.06 bits per heavy atom. The minimum absolute atomic E-state index is 0.707. The van der Waals surface area contributed by atoms with E-state index < -0.39 is 0 Å². The summed E-state index contributed by atoms with van der Waals surface area (Å²) in [7, 11) is 1.71. The highest BCUT2D eigenvalue weighted by atomic mass is 16.5. The van der Waals surface area contributed by atoms with Gasteiger partial charge in [0.15, 0.2) is 0 Å². The third-order valence-electron chi connectivity index (χ3n) is 2.27. The van der Waals surface area contributed by atoms with E-state index in [-0.39, 0.29) is 0 Å². The lowest BCUT2D eigenvalue weighted by Gasteiger charge is -2.20. The maximum absolute atomic E-state index is 5.51. The molecule has 90 valence electrons. The van der Waals surface area contributed by atoms with Gasteiger partial charge in [-0.25, -0.2) is 9.97 Å². The van der Waals surface area contributed by atoms with E-state index in [1.165, 1.54) is 0 Å². The largest absolute Gasteiger partial charge is 0.383 e. The first-order valence-corrected chi connectivity index (χ1v) is 5.54. The Morgan fingerprint density at radius 3 is 2.69 bits per heavy atom. The molecule has 0 amide bonds. The average Bonchev–Trinajstić information content (AvgIpc) is 2.34. The van der Waals surface area contributed by atoms with Gasteiger partial charge in [0, 0.05) is 26.0 Å². The molecule has 0 unspecified atom stereocenters. The van der Waals surface area contributed by atoms with E-state index in [4.69, 9.17) is 10.5 Å². The van der Waals surface area contributed by atoms with Crippen LogP contribution in [0.1, 0.15) is 12.2 Å². The summed E-state index contributed by atoms with van der Waals surface area (Å²) in [6, 6.07) is 1.82. The lowest BCUT2D eigenvalue weighted by molar-refractivity contribution is 0.142. The second-order valence-corrected chi connectivity index (χ2v) is 3.58. The fourth-order valence-electron chi connectivity index (χ4n) is 1.42. The quantitative estimate of drug-likeness (QED) is 0.687. The second kappa shape index (κ2) is 8.15. The van der Waals surface area contributed by atoms with E-state index in [0.29, 0.717) is 6.54 Å². The van der Waals surface area contributed by atoms with Crippen LogP contribution in [-0.4, -0.2) is 48.2 Å². The number of hydrogen-bond donors (Lipinski definition) is 1. The van der Waals surface area contributed by atoms with Gasteiger partial charge in [-0.05, 0) is 25.6 Å². The molecular weight excluding hydrogens is 204 g/mol. The Labute approximate surface area is 96.6 Å². The Kier molecular flexibility index (Phi) is 6.64. The average molecular weight is 224 g/mol. The molecule has 0 fully saturated rings. The predicted octanol–water partition coefficient (Wildman–Crippen LogP) is 0.274. The van der Waals surface area contributed by atoms with Crippen LogP contribution in [0, 0.1) is 0 Å². The van der Waals surface area contributed by atoms with Gasteiger partial charge in [0.25, 0.3) is 0 Å². The van der Waals surface area contributed by atoms with Crippen LogP contribution in [0.15, 0.2) is 18.5 Å². The van der Waals surface area contributed by atoms with Gasteiger partial charge in [-0.2, -0.15) is 0 Å². The lowest BCUT2D eigenvalue weighted by atomic mass is 10.3. The third-order valence-corrected chi connectivity index (χ3v) is 2.27. The van der Waals surface area contributed by atoms with Crippen LogP contribution in [0.25, 0.3) is 0 Å². The SMILES string of the molecule is COCCN(CCCN)Cc1ncccn1. The van der Waals surface area contributed by atoms with E-state index in [1.807, 2.05) is 6.07 Å². The van der Waals surface area contributed by atoms with Crippen LogP contribution < -0.4 is 5.73 Å². The Morgan fingerprint density at radius 1 is 1.31 bits per heavy atom. The van der Waals surface area contributed by atoms with Crippen LogP contribution in [0.3, 0.4) is 0 Å². The van der Waals surface area contributed by atoms with Gasteiger partial charge >= 0.3 is 0 Å².